The summed E-state index contributed by atoms with van der Waals surface area (Å²) in [6.07, 6.45) is 0. The monoisotopic (exact) mass is 343 g/mol. The summed E-state index contributed by atoms with van der Waals surface area (Å²) in [5, 5.41) is 2.78. The molecule has 25 heavy (non-hydrogen) atoms. The molecular formula is C19H22FN3O2. The standard InChI is InChI=1S/C19H22FN3O2/c1-22-9-11-23(12-10-22)17-7-5-16(6-8-17)21-19(24)14-25-18-4-2-3-15(20)13-18/h2-8,13H,9-12,14H2,1H3,(H,21,24). The van der Waals surface area contributed by atoms with Gasteiger partial charge in [-0.05, 0) is 43.4 Å². The Hall–Kier alpha value is -2.60. The number of ether oxygens (including phenoxy) is 1. The van der Waals surface area contributed by atoms with E-state index in [1.54, 1.807) is 12.1 Å². The molecule has 0 radical (unpaired) electrons. The van der Waals surface area contributed by atoms with Crippen LogP contribution in [0.3, 0.4) is 0 Å². The van der Waals surface area contributed by atoms with E-state index < -0.39 is 5.82 Å². The summed E-state index contributed by atoms with van der Waals surface area (Å²) >= 11 is 0. The lowest BCUT2D eigenvalue weighted by molar-refractivity contribution is -0.118. The zero-order valence-corrected chi connectivity index (χ0v) is 14.2. The summed E-state index contributed by atoms with van der Waals surface area (Å²) in [4.78, 5) is 16.6. The Labute approximate surface area is 147 Å². The van der Waals surface area contributed by atoms with Gasteiger partial charge in [0, 0.05) is 43.6 Å². The van der Waals surface area contributed by atoms with Gasteiger partial charge >= 0.3 is 0 Å². The van der Waals surface area contributed by atoms with Gasteiger partial charge in [-0.3, -0.25) is 4.79 Å². The summed E-state index contributed by atoms with van der Waals surface area (Å²) in [6.45, 7) is 3.95. The van der Waals surface area contributed by atoms with Crippen LogP contribution in [0.5, 0.6) is 5.75 Å². The Morgan fingerprint density at radius 3 is 2.52 bits per heavy atom. The maximum absolute atomic E-state index is 13.1. The van der Waals surface area contributed by atoms with Crippen molar-refractivity contribution >= 4 is 17.3 Å². The van der Waals surface area contributed by atoms with E-state index >= 15 is 0 Å². The third-order valence-corrected chi connectivity index (χ3v) is 4.19. The molecular weight excluding hydrogens is 321 g/mol. The number of hydrogen-bond acceptors (Lipinski definition) is 4. The fraction of sp³-hybridized carbons (Fsp3) is 0.316. The molecule has 0 saturated carbocycles. The number of halogens is 1. The normalized spacial score (nSPS) is 15.0. The molecule has 1 aliphatic heterocycles. The molecule has 132 valence electrons. The van der Waals surface area contributed by atoms with Gasteiger partial charge in [-0.15, -0.1) is 0 Å². The Kier molecular flexibility index (Phi) is 5.50. The van der Waals surface area contributed by atoms with Crippen molar-refractivity contribution in [1.29, 1.82) is 0 Å². The van der Waals surface area contributed by atoms with Crippen LogP contribution in [-0.4, -0.2) is 50.6 Å². The van der Waals surface area contributed by atoms with Crippen LogP contribution in [0.2, 0.25) is 0 Å². The van der Waals surface area contributed by atoms with Gasteiger partial charge in [-0.25, -0.2) is 4.39 Å². The Bertz CT molecular complexity index is 713. The number of piperazine rings is 1. The number of anilines is 2. The van der Waals surface area contributed by atoms with Gasteiger partial charge in [0.25, 0.3) is 5.91 Å². The predicted octanol–water partition coefficient (Wildman–Crippen LogP) is 2.60. The third-order valence-electron chi connectivity index (χ3n) is 4.19. The first-order valence-electron chi connectivity index (χ1n) is 8.32. The Balaban J connectivity index is 1.50. The lowest BCUT2D eigenvalue weighted by Gasteiger charge is -2.34. The van der Waals surface area contributed by atoms with Crippen molar-refractivity contribution in [2.45, 2.75) is 0 Å². The molecule has 0 atom stereocenters. The smallest absolute Gasteiger partial charge is 0.262 e. The molecule has 2 aromatic carbocycles. The fourth-order valence-corrected chi connectivity index (χ4v) is 2.72. The number of nitrogens with one attached hydrogen (secondary N) is 1. The minimum absolute atomic E-state index is 0.163. The second-order valence-electron chi connectivity index (χ2n) is 6.13. The Morgan fingerprint density at radius 1 is 1.12 bits per heavy atom. The highest BCUT2D eigenvalue weighted by molar-refractivity contribution is 5.92. The van der Waals surface area contributed by atoms with Gasteiger partial charge in [0.2, 0.25) is 0 Å². The van der Waals surface area contributed by atoms with Gasteiger partial charge in [-0.2, -0.15) is 0 Å². The van der Waals surface area contributed by atoms with Crippen LogP contribution in [-0.2, 0) is 4.79 Å². The second-order valence-corrected chi connectivity index (χ2v) is 6.13. The molecule has 0 aromatic heterocycles. The number of benzene rings is 2. The molecule has 1 amide bonds. The summed E-state index contributed by atoms with van der Waals surface area (Å²) in [5.74, 6) is -0.338. The molecule has 5 nitrogen and oxygen atoms in total. The van der Waals surface area contributed by atoms with E-state index in [1.165, 1.54) is 12.1 Å². The van der Waals surface area contributed by atoms with Crippen LogP contribution in [0.1, 0.15) is 0 Å². The van der Waals surface area contributed by atoms with Crippen LogP contribution < -0.4 is 15.0 Å². The summed E-state index contributed by atoms with van der Waals surface area (Å²) in [7, 11) is 2.13. The first-order valence-corrected chi connectivity index (χ1v) is 8.32. The molecule has 3 rings (SSSR count). The zero-order valence-electron chi connectivity index (χ0n) is 14.2. The summed E-state index contributed by atoms with van der Waals surface area (Å²) in [5.41, 5.74) is 1.87. The largest absolute Gasteiger partial charge is 0.484 e. The third kappa shape index (κ3) is 4.93. The van der Waals surface area contributed by atoms with Crippen molar-refractivity contribution in [2.24, 2.45) is 0 Å². The molecule has 1 saturated heterocycles. The van der Waals surface area contributed by atoms with Crippen molar-refractivity contribution < 1.29 is 13.9 Å². The highest BCUT2D eigenvalue weighted by Crippen LogP contribution is 2.19. The van der Waals surface area contributed by atoms with Gasteiger partial charge in [0.15, 0.2) is 6.61 Å². The zero-order chi connectivity index (χ0) is 17.6. The molecule has 1 N–H and O–H groups in total. The average molecular weight is 343 g/mol. The van der Waals surface area contributed by atoms with Crippen LogP contribution in [0.4, 0.5) is 15.8 Å². The second kappa shape index (κ2) is 7.98. The quantitative estimate of drug-likeness (QED) is 0.906. The first-order chi connectivity index (χ1) is 12.1. The Morgan fingerprint density at radius 2 is 1.84 bits per heavy atom. The first kappa shape index (κ1) is 17.2. The van der Waals surface area contributed by atoms with Crippen molar-refractivity contribution in [2.75, 3.05) is 50.1 Å². The lowest BCUT2D eigenvalue weighted by atomic mass is 10.2. The molecule has 1 aliphatic rings. The molecule has 6 heteroatoms. The summed E-state index contributed by atoms with van der Waals surface area (Å²) in [6, 6.07) is 13.5. The molecule has 0 spiro atoms. The summed E-state index contributed by atoms with van der Waals surface area (Å²) < 4.78 is 18.3. The van der Waals surface area contributed by atoms with Crippen LogP contribution in [0.15, 0.2) is 48.5 Å². The van der Waals surface area contributed by atoms with Gasteiger partial charge < -0.3 is 19.9 Å². The van der Waals surface area contributed by atoms with Gasteiger partial charge in [-0.1, -0.05) is 6.07 Å². The average Bonchev–Trinajstić information content (AvgIpc) is 2.62. The highest BCUT2D eigenvalue weighted by atomic mass is 19.1. The van der Waals surface area contributed by atoms with Crippen molar-refractivity contribution in [3.63, 3.8) is 0 Å². The minimum Gasteiger partial charge on any atom is -0.484 e. The van der Waals surface area contributed by atoms with E-state index in [-0.39, 0.29) is 12.5 Å². The number of carbonyl (C=O) groups is 1. The van der Waals surface area contributed by atoms with Gasteiger partial charge in [0.1, 0.15) is 11.6 Å². The van der Waals surface area contributed by atoms with E-state index in [2.05, 4.69) is 22.2 Å². The molecule has 0 bridgehead atoms. The number of hydrogen-bond donors (Lipinski definition) is 1. The van der Waals surface area contributed by atoms with E-state index in [0.29, 0.717) is 11.4 Å². The van der Waals surface area contributed by atoms with Crippen molar-refractivity contribution in [3.05, 3.63) is 54.3 Å². The van der Waals surface area contributed by atoms with Gasteiger partial charge in [0.05, 0.1) is 0 Å². The van der Waals surface area contributed by atoms with E-state index in [0.717, 1.165) is 31.9 Å². The molecule has 1 fully saturated rings. The predicted molar refractivity (Wildman–Crippen MR) is 96.7 cm³/mol. The van der Waals surface area contributed by atoms with Crippen LogP contribution >= 0.6 is 0 Å². The molecule has 0 aliphatic carbocycles. The number of nitrogens with zero attached hydrogens (tertiary/aromatic N) is 2. The number of carbonyl (C=O) groups excluding carboxylic acids is 1. The van der Waals surface area contributed by atoms with E-state index in [1.807, 2.05) is 24.3 Å². The molecule has 2 aromatic rings. The number of amides is 1. The van der Waals surface area contributed by atoms with Crippen LogP contribution in [0, 0.1) is 5.82 Å². The van der Waals surface area contributed by atoms with Crippen LogP contribution in [0.25, 0.3) is 0 Å². The van der Waals surface area contributed by atoms with E-state index in [4.69, 9.17) is 4.74 Å². The highest BCUT2D eigenvalue weighted by Gasteiger charge is 2.14. The topological polar surface area (TPSA) is 44.8 Å². The maximum Gasteiger partial charge on any atom is 0.262 e. The fourth-order valence-electron chi connectivity index (χ4n) is 2.72. The minimum atomic E-state index is -0.391. The molecule has 0 unspecified atom stereocenters. The van der Waals surface area contributed by atoms with E-state index in [9.17, 15) is 9.18 Å². The SMILES string of the molecule is CN1CCN(c2ccc(NC(=O)COc3cccc(F)c3)cc2)CC1. The van der Waals surface area contributed by atoms with Crippen molar-refractivity contribution in [3.8, 4) is 5.75 Å². The number of likely N-dealkylation sites (N-methyl/N-ethyl adjacent to an activating group) is 1. The molecule has 1 heterocycles. The number of rotatable bonds is 5. The lowest BCUT2D eigenvalue weighted by Crippen LogP contribution is -2.44. The van der Waals surface area contributed by atoms with Crippen molar-refractivity contribution in [1.82, 2.24) is 4.90 Å². The maximum atomic E-state index is 13.1.